The van der Waals surface area contributed by atoms with Crippen LogP contribution >= 0.6 is 0 Å². The van der Waals surface area contributed by atoms with E-state index >= 15 is 9.59 Å². The average Bonchev–Trinajstić information content (AvgIpc) is 1.60. The van der Waals surface area contributed by atoms with Gasteiger partial charge in [0.2, 0.25) is 41.7 Å². The largest absolute Gasteiger partial charge is 0.462 e. The number of carbonyl (C=O) groups excluding carboxylic acids is 6. The van der Waals surface area contributed by atoms with E-state index in [1.807, 2.05) is 13.8 Å². The van der Waals surface area contributed by atoms with Gasteiger partial charge in [-0.1, -0.05) is 63.2 Å². The fourth-order valence-corrected chi connectivity index (χ4v) is 12.2. The number of hydrogen-bond acceptors (Lipinski definition) is 27. The zero-order valence-corrected chi connectivity index (χ0v) is 53.1. The Labute approximate surface area is 555 Å². The molecule has 37 heteroatoms. The van der Waals surface area contributed by atoms with Crippen LogP contribution in [0.25, 0.3) is 0 Å². The summed E-state index contributed by atoms with van der Waals surface area (Å²) in [5, 5.41) is 182. The van der Waals surface area contributed by atoms with Crippen molar-refractivity contribution >= 4 is 47.4 Å². The number of aliphatic hydroxyl groups excluding tert-OH is 13. The summed E-state index contributed by atoms with van der Waals surface area (Å²) in [5.74, 6) is -8.88. The topological polar surface area (TPSA) is 580 Å². The number of nitrogens with one attached hydrogen (secondary N) is 11. The Hall–Kier alpha value is -7.12. The summed E-state index contributed by atoms with van der Waals surface area (Å²) in [7, 11) is 0. The first-order chi connectivity index (χ1) is 46.2. The zero-order valence-electron chi connectivity index (χ0n) is 53.1. The second-order valence-electron chi connectivity index (χ2n) is 25.0. The molecular weight excluding hydrogens is 1290 g/mol. The molecule has 0 aromatic heterocycles. The highest BCUT2D eigenvalue weighted by Gasteiger charge is 2.55. The highest BCUT2D eigenvalue weighted by molar-refractivity contribution is 5.98. The van der Waals surface area contributed by atoms with E-state index in [0.717, 1.165) is 11.3 Å². The Morgan fingerprint density at radius 1 is 0.567 bits per heavy atom. The number of guanidine groups is 2. The van der Waals surface area contributed by atoms with Gasteiger partial charge in [0.1, 0.15) is 121 Å². The number of rotatable bonds is 22. The van der Waals surface area contributed by atoms with Crippen molar-refractivity contribution in [3.63, 3.8) is 0 Å². The maximum Gasteiger partial charge on any atom is 0.246 e. The van der Waals surface area contributed by atoms with E-state index < -0.39 is 240 Å². The Balaban J connectivity index is 1.08. The van der Waals surface area contributed by atoms with Crippen molar-refractivity contribution in [2.45, 2.75) is 193 Å². The molecule has 6 amide bonds. The smallest absolute Gasteiger partial charge is 0.246 e. The summed E-state index contributed by atoms with van der Waals surface area (Å²) < 4.78 is 34.8. The molecule has 25 atom stereocenters. The molecular formula is C60H90N12O25. The lowest BCUT2D eigenvalue weighted by atomic mass is 9.92. The van der Waals surface area contributed by atoms with E-state index in [4.69, 9.17) is 39.2 Å². The van der Waals surface area contributed by atoms with Crippen LogP contribution < -0.4 is 52.6 Å². The molecule has 37 nitrogen and oxygen atoms in total. The lowest BCUT2D eigenvalue weighted by Crippen LogP contribution is -2.69. The number of carbonyl (C=O) groups is 6. The minimum absolute atomic E-state index is 0.0593. The molecule has 0 aliphatic carbocycles. The van der Waals surface area contributed by atoms with Crippen molar-refractivity contribution < 1.29 is 124 Å². The Morgan fingerprint density at radius 3 is 1.80 bits per heavy atom. The minimum Gasteiger partial charge on any atom is -0.462 e. The van der Waals surface area contributed by atoms with Crippen LogP contribution in [-0.4, -0.2) is 318 Å². The number of benzene rings is 2. The third kappa shape index (κ3) is 18.0. The second-order valence-corrected chi connectivity index (χ2v) is 25.0. The maximum absolute atomic E-state index is 15.2. The van der Waals surface area contributed by atoms with Gasteiger partial charge in [-0.3, -0.25) is 39.6 Å². The first-order valence-electron chi connectivity index (χ1n) is 31.8. The third-order valence-corrected chi connectivity index (χ3v) is 17.8. The predicted octanol–water partition coefficient (Wildman–Crippen LogP) is -10.7. The van der Waals surface area contributed by atoms with Crippen molar-refractivity contribution in [1.82, 2.24) is 52.8 Å². The monoisotopic (exact) mass is 1380 g/mol. The summed E-state index contributed by atoms with van der Waals surface area (Å²) in [6.45, 7) is 0.535. The van der Waals surface area contributed by atoms with Crippen molar-refractivity contribution in [3.05, 3.63) is 65.7 Å². The lowest BCUT2D eigenvalue weighted by Gasteiger charge is -2.46. The van der Waals surface area contributed by atoms with Crippen LogP contribution in [0.2, 0.25) is 0 Å². The summed E-state index contributed by atoms with van der Waals surface area (Å²) in [6, 6.07) is 0.854. The van der Waals surface area contributed by atoms with Gasteiger partial charge in [-0.15, -0.1) is 0 Å². The molecule has 0 saturated carbocycles. The van der Waals surface area contributed by atoms with Gasteiger partial charge in [0.15, 0.2) is 24.4 Å². The Bertz CT molecular complexity index is 3000. The van der Waals surface area contributed by atoms with E-state index in [1.165, 1.54) is 24.3 Å². The van der Waals surface area contributed by atoms with E-state index in [9.17, 15) is 85.6 Å². The van der Waals surface area contributed by atoms with Gasteiger partial charge in [0.05, 0.1) is 45.1 Å². The quantitative estimate of drug-likeness (QED) is 0.0487. The van der Waals surface area contributed by atoms with E-state index in [2.05, 4.69) is 47.9 Å². The number of nitrogens with zero attached hydrogens (tertiary/aromatic N) is 1. The molecule has 0 radical (unpaired) electrons. The Morgan fingerprint density at radius 2 is 1.16 bits per heavy atom. The van der Waals surface area contributed by atoms with Crippen LogP contribution in [0.3, 0.4) is 0 Å². The third-order valence-electron chi connectivity index (χ3n) is 17.8. The molecule has 6 aliphatic rings. The number of amides is 6. The summed E-state index contributed by atoms with van der Waals surface area (Å²) in [6.07, 6.45) is -29.1. The molecule has 6 heterocycles. The highest BCUT2D eigenvalue weighted by Crippen LogP contribution is 2.33. The van der Waals surface area contributed by atoms with Crippen LogP contribution in [0.1, 0.15) is 50.7 Å². The first-order valence-corrected chi connectivity index (χ1v) is 31.8. The average molecular weight is 1380 g/mol. The molecule has 6 saturated heterocycles. The number of hydrogen-bond donors (Lipinski definition) is 24. The summed E-state index contributed by atoms with van der Waals surface area (Å²) in [4.78, 5) is 88.2. The molecule has 0 bridgehead atoms. The van der Waals surface area contributed by atoms with Gasteiger partial charge in [0.25, 0.3) is 0 Å². The number of ether oxygens (including phenoxy) is 6. The van der Waals surface area contributed by atoms with E-state index in [-0.39, 0.29) is 30.4 Å². The normalized spacial score (nSPS) is 36.0. The summed E-state index contributed by atoms with van der Waals surface area (Å²) >= 11 is 0. The molecule has 0 spiro atoms. The fraction of sp³-hybridized carbons (Fsp3) is 0.667. The number of aliphatic hydroxyl groups is 13. The first kappa shape index (κ1) is 75.6. The van der Waals surface area contributed by atoms with Crippen LogP contribution in [0.5, 0.6) is 5.75 Å². The van der Waals surface area contributed by atoms with E-state index in [0.29, 0.717) is 17.9 Å². The SMILES string of the molecule is CC(C)CCCOC1C(CO)OC(OC2C(CO)OC(Oc3ccc(CC4NC(=O)C(C(C)c5ccccc5)NC(=O)CNC(=O)C(CO)NC(=O)C(C(O)C5CNC(=N)N5C5OC(CO)C(O)C(O)C5O)NC(=O)C(C(O)C5CNC(=N)N5)NC4=O)cc3)C(O)C2O)C(O)C1O. The van der Waals surface area contributed by atoms with Crippen LogP contribution in [-0.2, 0) is 58.9 Å². The van der Waals surface area contributed by atoms with Crippen molar-refractivity contribution in [2.75, 3.05) is 52.7 Å². The van der Waals surface area contributed by atoms with Gasteiger partial charge in [0, 0.05) is 32.0 Å². The van der Waals surface area contributed by atoms with Gasteiger partial charge < -0.3 is 148 Å². The molecule has 97 heavy (non-hydrogen) atoms. The highest BCUT2D eigenvalue weighted by atomic mass is 16.7. The van der Waals surface area contributed by atoms with Gasteiger partial charge in [-0.2, -0.15) is 0 Å². The minimum atomic E-state index is -2.36. The Kier molecular flexibility index (Phi) is 26.6. The van der Waals surface area contributed by atoms with Gasteiger partial charge >= 0.3 is 0 Å². The van der Waals surface area contributed by atoms with E-state index in [1.54, 1.807) is 37.3 Å². The molecule has 6 aliphatic heterocycles. The maximum atomic E-state index is 15.2. The molecule has 25 unspecified atom stereocenters. The van der Waals surface area contributed by atoms with Crippen molar-refractivity contribution in [2.24, 2.45) is 5.92 Å². The molecule has 540 valence electrons. The second kappa shape index (κ2) is 34.1. The van der Waals surface area contributed by atoms with Crippen molar-refractivity contribution in [1.29, 1.82) is 10.8 Å². The zero-order chi connectivity index (χ0) is 70.7. The van der Waals surface area contributed by atoms with Crippen LogP contribution in [0.15, 0.2) is 54.6 Å². The standard InChI is InChI=1S/C60H90N12O25/c1-24(2)8-7-15-92-49-34(22-75)95-58(47(85)44(49)82)97-50-35(23-76)96-57(48(86)45(50)83)93-28-13-11-26(12-14-28)16-29-52(88)70-38(40(78)30-17-64-59(61)68-30)55(91)71-39(41(79)32-18-65-60(62)72(32)56-46(84)43(81)42(80)33(21-74)94-56)54(90)67-31(20-73)51(87)63-19-36(77)69-37(53(89)66-29)25(3)27-9-5-4-6-10-27/h4-6,9-14,24-25,29-35,37-50,56-58,73-76,78-86H,7-8,15-23H2,1-3H3,(H2,62,65)(H,63,87)(H,66,89)(H,67,90)(H,69,77)(H,70,88)(H,71,91)(H3,61,64,68). The van der Waals surface area contributed by atoms with Gasteiger partial charge in [-0.05, 0) is 42.0 Å². The van der Waals surface area contributed by atoms with Gasteiger partial charge in [-0.25, -0.2) is 0 Å². The van der Waals surface area contributed by atoms with Crippen LogP contribution in [0.4, 0.5) is 0 Å². The van der Waals surface area contributed by atoms with Crippen molar-refractivity contribution in [3.8, 4) is 5.75 Å². The molecule has 24 N–H and O–H groups in total. The van der Waals surface area contributed by atoms with Crippen LogP contribution in [0, 0.1) is 16.7 Å². The fourth-order valence-electron chi connectivity index (χ4n) is 12.2. The molecule has 2 aromatic rings. The molecule has 8 rings (SSSR count). The molecule has 2 aromatic carbocycles. The summed E-state index contributed by atoms with van der Waals surface area (Å²) in [5.41, 5.74) is 0.719. The predicted molar refractivity (Wildman–Crippen MR) is 329 cm³/mol. The lowest BCUT2D eigenvalue weighted by molar-refractivity contribution is -0.355. The molecule has 6 fully saturated rings.